The summed E-state index contributed by atoms with van der Waals surface area (Å²) < 4.78 is 23.2. The fraction of sp³-hybridized carbons (Fsp3) is 0.333. The van der Waals surface area contributed by atoms with E-state index in [1.807, 2.05) is 0 Å². The summed E-state index contributed by atoms with van der Waals surface area (Å²) >= 11 is 0. The zero-order chi connectivity index (χ0) is 21.0. The number of hydrogen-bond donors (Lipinski definition) is 1. The van der Waals surface area contributed by atoms with Gasteiger partial charge in [-0.05, 0) is 24.3 Å². The first-order valence-corrected chi connectivity index (χ1v) is 9.13. The molecule has 0 spiro atoms. The number of amidine groups is 1. The monoisotopic (exact) mass is 401 g/mol. The van der Waals surface area contributed by atoms with Crippen LogP contribution in [-0.2, 0) is 4.79 Å². The van der Waals surface area contributed by atoms with E-state index >= 15 is 0 Å². The molecule has 1 aliphatic heterocycles. The minimum atomic E-state index is -1.04. The summed E-state index contributed by atoms with van der Waals surface area (Å²) in [5, 5.41) is 10.1. The molecular formula is C21H25N2O6+. The molecule has 29 heavy (non-hydrogen) atoms. The molecule has 0 atom stereocenters. The van der Waals surface area contributed by atoms with Gasteiger partial charge in [0.05, 0.1) is 41.5 Å². The van der Waals surface area contributed by atoms with Crippen molar-refractivity contribution in [2.45, 2.75) is 6.42 Å². The van der Waals surface area contributed by atoms with Crippen LogP contribution in [0.3, 0.4) is 0 Å². The summed E-state index contributed by atoms with van der Waals surface area (Å²) in [5.41, 5.74) is 1.31. The third-order valence-corrected chi connectivity index (χ3v) is 4.82. The molecule has 0 aliphatic carbocycles. The second-order valence-electron chi connectivity index (χ2n) is 6.36. The van der Waals surface area contributed by atoms with Crippen LogP contribution in [0.25, 0.3) is 0 Å². The van der Waals surface area contributed by atoms with Crippen LogP contribution in [0.1, 0.15) is 6.42 Å². The van der Waals surface area contributed by atoms with Crippen molar-refractivity contribution in [1.82, 2.24) is 0 Å². The van der Waals surface area contributed by atoms with Gasteiger partial charge in [-0.25, -0.2) is 14.3 Å². The summed E-state index contributed by atoms with van der Waals surface area (Å²) in [4.78, 5) is 14.1. The van der Waals surface area contributed by atoms with Crippen LogP contribution in [0.5, 0.6) is 23.0 Å². The first-order valence-electron chi connectivity index (χ1n) is 9.13. The Morgan fingerprint density at radius 1 is 0.931 bits per heavy atom. The first kappa shape index (κ1) is 20.3. The number of carboxylic acids is 1. The van der Waals surface area contributed by atoms with Gasteiger partial charge in [0.2, 0.25) is 0 Å². The second-order valence-corrected chi connectivity index (χ2v) is 6.36. The Bertz CT molecular complexity index is 941. The first-order chi connectivity index (χ1) is 14.0. The van der Waals surface area contributed by atoms with E-state index in [1.165, 1.54) is 0 Å². The molecule has 154 valence electrons. The van der Waals surface area contributed by atoms with Gasteiger partial charge < -0.3 is 24.1 Å². The van der Waals surface area contributed by atoms with Crippen molar-refractivity contribution in [1.29, 1.82) is 0 Å². The lowest BCUT2D eigenvalue weighted by molar-refractivity contribution is -0.446. The SMILES string of the molecule is COc1ccc(N2CCC[N+](c3ccc(OC)cc3OC)=C2C(=O)O)c(OC)c1. The number of carbonyl (C=O) groups is 1. The molecule has 1 N–H and O–H groups in total. The van der Waals surface area contributed by atoms with Crippen LogP contribution in [0.4, 0.5) is 11.4 Å². The maximum absolute atomic E-state index is 12.3. The fourth-order valence-corrected chi connectivity index (χ4v) is 3.46. The van der Waals surface area contributed by atoms with Crippen molar-refractivity contribution in [3.63, 3.8) is 0 Å². The quantitative estimate of drug-likeness (QED) is 0.715. The average molecular weight is 401 g/mol. The molecule has 1 heterocycles. The molecule has 0 unspecified atom stereocenters. The van der Waals surface area contributed by atoms with Crippen molar-refractivity contribution in [2.75, 3.05) is 46.4 Å². The van der Waals surface area contributed by atoms with Gasteiger partial charge in [0, 0.05) is 18.6 Å². The third kappa shape index (κ3) is 3.91. The third-order valence-electron chi connectivity index (χ3n) is 4.82. The average Bonchev–Trinajstić information content (AvgIpc) is 2.77. The lowest BCUT2D eigenvalue weighted by atomic mass is 10.1. The van der Waals surface area contributed by atoms with Gasteiger partial charge in [-0.15, -0.1) is 0 Å². The molecule has 3 rings (SSSR count). The van der Waals surface area contributed by atoms with E-state index in [4.69, 9.17) is 18.9 Å². The van der Waals surface area contributed by atoms with E-state index in [1.54, 1.807) is 74.3 Å². The number of aliphatic carboxylic acids is 1. The van der Waals surface area contributed by atoms with E-state index < -0.39 is 5.97 Å². The molecule has 8 heteroatoms. The number of carboxylic acid groups (broad SMARTS) is 1. The Kier molecular flexibility index (Phi) is 6.11. The summed E-state index contributed by atoms with van der Waals surface area (Å²) in [6.07, 6.45) is 0.751. The van der Waals surface area contributed by atoms with Crippen molar-refractivity contribution in [3.05, 3.63) is 36.4 Å². The Labute approximate surface area is 169 Å². The summed E-state index contributed by atoms with van der Waals surface area (Å²) in [6.45, 7) is 1.08. The summed E-state index contributed by atoms with van der Waals surface area (Å²) in [5.74, 6) is 1.42. The van der Waals surface area contributed by atoms with Gasteiger partial charge >= 0.3 is 11.8 Å². The van der Waals surface area contributed by atoms with Crippen LogP contribution in [0.15, 0.2) is 36.4 Å². The van der Waals surface area contributed by atoms with Crippen molar-refractivity contribution >= 4 is 23.2 Å². The predicted molar refractivity (Wildman–Crippen MR) is 108 cm³/mol. The van der Waals surface area contributed by atoms with Gasteiger partial charge in [0.1, 0.15) is 11.5 Å². The molecule has 0 fully saturated rings. The minimum Gasteiger partial charge on any atom is -0.497 e. The highest BCUT2D eigenvalue weighted by atomic mass is 16.5. The van der Waals surface area contributed by atoms with Crippen molar-refractivity contribution in [3.8, 4) is 23.0 Å². The van der Waals surface area contributed by atoms with Gasteiger partial charge in [-0.1, -0.05) is 0 Å². The van der Waals surface area contributed by atoms with Crippen LogP contribution in [0, 0.1) is 0 Å². The van der Waals surface area contributed by atoms with Crippen LogP contribution in [0.2, 0.25) is 0 Å². The summed E-state index contributed by atoms with van der Waals surface area (Å²) in [6, 6.07) is 10.6. The van der Waals surface area contributed by atoms with Crippen LogP contribution in [-0.4, -0.2) is 63.0 Å². The molecule has 1 aliphatic rings. The van der Waals surface area contributed by atoms with Crippen molar-refractivity contribution < 1.29 is 33.4 Å². The van der Waals surface area contributed by atoms with E-state index in [-0.39, 0.29) is 5.84 Å². The molecule has 0 aromatic heterocycles. The molecule has 0 saturated heterocycles. The Morgan fingerprint density at radius 2 is 1.55 bits per heavy atom. The number of anilines is 1. The van der Waals surface area contributed by atoms with Crippen LogP contribution >= 0.6 is 0 Å². The molecular weight excluding hydrogens is 376 g/mol. The van der Waals surface area contributed by atoms with E-state index in [2.05, 4.69) is 0 Å². The van der Waals surface area contributed by atoms with Gasteiger partial charge in [0.25, 0.3) is 0 Å². The maximum Gasteiger partial charge on any atom is 0.419 e. The smallest absolute Gasteiger partial charge is 0.419 e. The highest BCUT2D eigenvalue weighted by Gasteiger charge is 2.38. The lowest BCUT2D eigenvalue weighted by Gasteiger charge is -2.26. The molecule has 8 nitrogen and oxygen atoms in total. The van der Waals surface area contributed by atoms with Gasteiger partial charge in [-0.2, -0.15) is 0 Å². The number of rotatable bonds is 7. The van der Waals surface area contributed by atoms with Crippen molar-refractivity contribution in [2.24, 2.45) is 0 Å². The molecule has 0 radical (unpaired) electrons. The predicted octanol–water partition coefficient (Wildman–Crippen LogP) is 2.76. The standard InChI is InChI=1S/C21H24N2O6/c1-26-14-6-8-16(18(12-14)28-3)22-10-5-11-23(20(22)21(24)25)17-9-7-15(27-2)13-19(17)29-4/h6-9,12-13H,5,10-11H2,1-4H3/p+1. The molecule has 0 amide bonds. The number of hydrogen-bond acceptors (Lipinski definition) is 6. The summed E-state index contributed by atoms with van der Waals surface area (Å²) in [7, 11) is 6.24. The Balaban J connectivity index is 2.18. The topological polar surface area (TPSA) is 80.5 Å². The van der Waals surface area contributed by atoms with E-state index in [0.29, 0.717) is 47.5 Å². The van der Waals surface area contributed by atoms with E-state index in [0.717, 1.165) is 6.42 Å². The van der Waals surface area contributed by atoms with Gasteiger partial charge in [-0.3, -0.25) is 0 Å². The minimum absolute atomic E-state index is 0.128. The molecule has 2 aromatic rings. The lowest BCUT2D eigenvalue weighted by Crippen LogP contribution is -2.47. The fourth-order valence-electron chi connectivity index (χ4n) is 3.46. The second kappa shape index (κ2) is 8.72. The normalized spacial score (nSPS) is 13.9. The molecule has 2 aromatic carbocycles. The zero-order valence-electron chi connectivity index (χ0n) is 17.0. The molecule has 0 saturated carbocycles. The largest absolute Gasteiger partial charge is 0.497 e. The maximum atomic E-state index is 12.3. The molecule has 0 bridgehead atoms. The number of ether oxygens (including phenoxy) is 4. The zero-order valence-corrected chi connectivity index (χ0v) is 17.0. The number of benzene rings is 2. The van der Waals surface area contributed by atoms with E-state index in [9.17, 15) is 9.90 Å². The highest BCUT2D eigenvalue weighted by molar-refractivity contribution is 6.38. The Morgan fingerprint density at radius 3 is 2.14 bits per heavy atom. The van der Waals surface area contributed by atoms with Gasteiger partial charge in [0.15, 0.2) is 22.9 Å². The van der Waals surface area contributed by atoms with Crippen LogP contribution < -0.4 is 23.8 Å². The highest BCUT2D eigenvalue weighted by Crippen LogP contribution is 2.36. The number of nitrogens with zero attached hydrogens (tertiary/aromatic N) is 2. The Hall–Kier alpha value is -3.42. The number of methoxy groups -OCH3 is 4.